The number of hydrogen-bond donors (Lipinski definition) is 2. The summed E-state index contributed by atoms with van der Waals surface area (Å²) in [6.45, 7) is 11.4. The summed E-state index contributed by atoms with van der Waals surface area (Å²) in [5, 5.41) is 5.48. The molecule has 0 fully saturated rings. The molecule has 2 amide bonds. The Labute approximate surface area is 173 Å². The SMILES string of the molecule is C=CCOC(=O)NCCCN(CC=C)CCCCNC(=O)OCc1ccccc1. The summed E-state index contributed by atoms with van der Waals surface area (Å²) in [5.41, 5.74) is 0.964. The van der Waals surface area contributed by atoms with E-state index in [1.165, 1.54) is 6.08 Å². The number of benzene rings is 1. The Morgan fingerprint density at radius 3 is 2.24 bits per heavy atom. The zero-order valence-corrected chi connectivity index (χ0v) is 17.1. The largest absolute Gasteiger partial charge is 0.445 e. The number of unbranched alkanes of at least 4 members (excludes halogenated alkanes) is 1. The first-order valence-electron chi connectivity index (χ1n) is 9.95. The lowest BCUT2D eigenvalue weighted by Gasteiger charge is -2.20. The van der Waals surface area contributed by atoms with Crippen LogP contribution in [0.25, 0.3) is 0 Å². The summed E-state index contributed by atoms with van der Waals surface area (Å²) in [5.74, 6) is 0. The van der Waals surface area contributed by atoms with Gasteiger partial charge >= 0.3 is 12.2 Å². The minimum absolute atomic E-state index is 0.211. The van der Waals surface area contributed by atoms with Gasteiger partial charge < -0.3 is 20.1 Å². The van der Waals surface area contributed by atoms with Crippen LogP contribution in [-0.2, 0) is 16.1 Å². The van der Waals surface area contributed by atoms with Crippen LogP contribution in [-0.4, -0.2) is 56.4 Å². The van der Waals surface area contributed by atoms with Crippen LogP contribution < -0.4 is 10.6 Å². The third-order valence-corrected chi connectivity index (χ3v) is 4.02. The number of nitrogens with zero attached hydrogens (tertiary/aromatic N) is 1. The monoisotopic (exact) mass is 403 g/mol. The van der Waals surface area contributed by atoms with Crippen molar-refractivity contribution in [3.63, 3.8) is 0 Å². The van der Waals surface area contributed by atoms with Gasteiger partial charge in [0.15, 0.2) is 0 Å². The molecule has 0 bridgehead atoms. The summed E-state index contributed by atoms with van der Waals surface area (Å²) >= 11 is 0. The first-order valence-corrected chi connectivity index (χ1v) is 9.95. The van der Waals surface area contributed by atoms with Gasteiger partial charge in [0.05, 0.1) is 0 Å². The van der Waals surface area contributed by atoms with Gasteiger partial charge in [0.2, 0.25) is 0 Å². The quantitative estimate of drug-likeness (QED) is 0.346. The van der Waals surface area contributed by atoms with E-state index in [0.29, 0.717) is 13.1 Å². The Hall–Kier alpha value is -2.80. The highest BCUT2D eigenvalue weighted by molar-refractivity contribution is 5.67. The molecule has 1 aromatic carbocycles. The second-order valence-corrected chi connectivity index (χ2v) is 6.45. The molecule has 1 aromatic rings. The smallest absolute Gasteiger partial charge is 0.407 e. The number of ether oxygens (including phenoxy) is 2. The van der Waals surface area contributed by atoms with Gasteiger partial charge in [0.25, 0.3) is 0 Å². The molecule has 0 radical (unpaired) electrons. The predicted octanol–water partition coefficient (Wildman–Crippen LogP) is 3.48. The van der Waals surface area contributed by atoms with Gasteiger partial charge in [0, 0.05) is 26.2 Å². The Balaban J connectivity index is 2.08. The summed E-state index contributed by atoms with van der Waals surface area (Å²) in [4.78, 5) is 25.3. The molecule has 1 rings (SSSR count). The van der Waals surface area contributed by atoms with Crippen LogP contribution in [0.2, 0.25) is 0 Å². The lowest BCUT2D eigenvalue weighted by atomic mass is 10.2. The Morgan fingerprint density at radius 2 is 1.55 bits per heavy atom. The first kappa shape index (κ1) is 24.2. The zero-order valence-electron chi connectivity index (χ0n) is 17.1. The van der Waals surface area contributed by atoms with Gasteiger partial charge in [-0.1, -0.05) is 49.1 Å². The topological polar surface area (TPSA) is 79.9 Å². The van der Waals surface area contributed by atoms with Gasteiger partial charge in [-0.3, -0.25) is 4.90 Å². The predicted molar refractivity (Wildman–Crippen MR) is 115 cm³/mol. The first-order chi connectivity index (χ1) is 14.2. The molecule has 0 aliphatic heterocycles. The summed E-state index contributed by atoms with van der Waals surface area (Å²) in [7, 11) is 0. The molecule has 0 aliphatic carbocycles. The Kier molecular flexibility index (Phi) is 13.5. The van der Waals surface area contributed by atoms with Crippen LogP contribution >= 0.6 is 0 Å². The third-order valence-electron chi connectivity index (χ3n) is 4.02. The van der Waals surface area contributed by atoms with Gasteiger partial charge in [-0.05, 0) is 31.4 Å². The Bertz CT molecular complexity index is 607. The standard InChI is InChI=1S/C22H33N3O4/c1-3-15-25(17-10-14-24-21(26)28-18-4-2)16-9-8-13-23-22(27)29-19-20-11-6-5-7-12-20/h3-7,11-12H,1-2,8-10,13-19H2,(H,23,27)(H,24,26). The van der Waals surface area contributed by atoms with Crippen molar-refractivity contribution in [3.8, 4) is 0 Å². The molecule has 7 nitrogen and oxygen atoms in total. The van der Waals surface area contributed by atoms with Crippen LogP contribution in [0.5, 0.6) is 0 Å². The van der Waals surface area contributed by atoms with Crippen LogP contribution in [0.15, 0.2) is 55.6 Å². The average Bonchev–Trinajstić information content (AvgIpc) is 2.74. The maximum absolute atomic E-state index is 11.7. The molecule has 0 heterocycles. The molecule has 0 saturated carbocycles. The second-order valence-electron chi connectivity index (χ2n) is 6.45. The van der Waals surface area contributed by atoms with Crippen LogP contribution in [0.1, 0.15) is 24.8 Å². The molecule has 0 aromatic heterocycles. The minimum atomic E-state index is -0.426. The number of alkyl carbamates (subject to hydrolysis) is 2. The maximum atomic E-state index is 11.7. The van der Waals surface area contributed by atoms with E-state index in [9.17, 15) is 9.59 Å². The normalized spacial score (nSPS) is 10.2. The lowest BCUT2D eigenvalue weighted by Crippen LogP contribution is -2.31. The number of nitrogens with one attached hydrogen (secondary N) is 2. The molecular weight excluding hydrogens is 370 g/mol. The molecule has 160 valence electrons. The molecule has 7 heteroatoms. The highest BCUT2D eigenvalue weighted by atomic mass is 16.6. The van der Waals surface area contributed by atoms with E-state index >= 15 is 0 Å². The number of rotatable bonds is 15. The van der Waals surface area contributed by atoms with E-state index in [2.05, 4.69) is 28.7 Å². The van der Waals surface area contributed by atoms with Gasteiger partial charge in [-0.15, -0.1) is 6.58 Å². The fourth-order valence-electron chi connectivity index (χ4n) is 2.58. The molecule has 0 saturated heterocycles. The Morgan fingerprint density at radius 1 is 0.897 bits per heavy atom. The highest BCUT2D eigenvalue weighted by Crippen LogP contribution is 2.01. The molecule has 0 aliphatic rings. The fourth-order valence-corrected chi connectivity index (χ4v) is 2.58. The van der Waals surface area contributed by atoms with Gasteiger partial charge in [0.1, 0.15) is 13.2 Å². The van der Waals surface area contributed by atoms with Crippen molar-refractivity contribution in [2.45, 2.75) is 25.9 Å². The summed E-state index contributed by atoms with van der Waals surface area (Å²) in [6.07, 6.45) is 5.20. The van der Waals surface area contributed by atoms with Gasteiger partial charge in [-0.2, -0.15) is 0 Å². The maximum Gasteiger partial charge on any atom is 0.407 e. The van der Waals surface area contributed by atoms with Crippen molar-refractivity contribution in [2.24, 2.45) is 0 Å². The van der Waals surface area contributed by atoms with Crippen LogP contribution in [0, 0.1) is 0 Å². The summed E-state index contributed by atoms with van der Waals surface area (Å²) < 4.78 is 10.0. The van der Waals surface area contributed by atoms with E-state index in [-0.39, 0.29) is 13.2 Å². The molecule has 29 heavy (non-hydrogen) atoms. The van der Waals surface area contributed by atoms with Crippen molar-refractivity contribution in [1.82, 2.24) is 15.5 Å². The number of hydrogen-bond acceptors (Lipinski definition) is 5. The molecule has 0 atom stereocenters. The van der Waals surface area contributed by atoms with E-state index in [0.717, 1.165) is 44.5 Å². The average molecular weight is 404 g/mol. The van der Waals surface area contributed by atoms with E-state index in [1.807, 2.05) is 36.4 Å². The van der Waals surface area contributed by atoms with Crippen molar-refractivity contribution in [3.05, 3.63) is 61.2 Å². The number of carbonyl (C=O) groups is 2. The molecular formula is C22H33N3O4. The fraction of sp³-hybridized carbons (Fsp3) is 0.455. The van der Waals surface area contributed by atoms with Gasteiger partial charge in [-0.25, -0.2) is 9.59 Å². The third kappa shape index (κ3) is 13.1. The highest BCUT2D eigenvalue weighted by Gasteiger charge is 2.05. The second kappa shape index (κ2) is 16.2. The van der Waals surface area contributed by atoms with E-state index in [4.69, 9.17) is 9.47 Å². The lowest BCUT2D eigenvalue weighted by molar-refractivity contribution is 0.139. The number of carbonyl (C=O) groups excluding carboxylic acids is 2. The summed E-state index contributed by atoms with van der Waals surface area (Å²) in [6, 6.07) is 9.59. The van der Waals surface area contributed by atoms with Crippen molar-refractivity contribution in [2.75, 3.05) is 39.3 Å². The number of amides is 2. The van der Waals surface area contributed by atoms with Crippen molar-refractivity contribution in [1.29, 1.82) is 0 Å². The van der Waals surface area contributed by atoms with E-state index in [1.54, 1.807) is 0 Å². The van der Waals surface area contributed by atoms with Crippen LogP contribution in [0.4, 0.5) is 9.59 Å². The minimum Gasteiger partial charge on any atom is -0.445 e. The van der Waals surface area contributed by atoms with Crippen molar-refractivity contribution < 1.29 is 19.1 Å². The van der Waals surface area contributed by atoms with E-state index < -0.39 is 12.2 Å². The van der Waals surface area contributed by atoms with Crippen LogP contribution in [0.3, 0.4) is 0 Å². The molecule has 2 N–H and O–H groups in total. The zero-order chi connectivity index (χ0) is 21.2. The molecule has 0 spiro atoms. The molecule has 0 unspecified atom stereocenters. The van der Waals surface area contributed by atoms with Crippen molar-refractivity contribution >= 4 is 12.2 Å².